The van der Waals surface area contributed by atoms with Crippen LogP contribution in [0, 0.1) is 0 Å². The molecule has 1 saturated carbocycles. The molecule has 0 spiro atoms. The van der Waals surface area contributed by atoms with E-state index in [1.54, 1.807) is 18.2 Å². The van der Waals surface area contributed by atoms with Crippen LogP contribution in [0.3, 0.4) is 0 Å². The first-order valence-electron chi connectivity index (χ1n) is 6.90. The van der Waals surface area contributed by atoms with Crippen LogP contribution in [-0.2, 0) is 11.4 Å². The fourth-order valence-electron chi connectivity index (χ4n) is 2.40. The van der Waals surface area contributed by atoms with Gasteiger partial charge in [0.25, 0.3) is 5.91 Å². The Hall–Kier alpha value is -1.55. The van der Waals surface area contributed by atoms with Gasteiger partial charge in [0.15, 0.2) is 6.61 Å². The highest BCUT2D eigenvalue weighted by molar-refractivity contribution is 5.77. The molecule has 1 amide bonds. The molecule has 0 heterocycles. The fourth-order valence-corrected chi connectivity index (χ4v) is 2.40. The maximum atomic E-state index is 11.8. The van der Waals surface area contributed by atoms with E-state index < -0.39 is 0 Å². The number of rotatable bonds is 5. The lowest BCUT2D eigenvalue weighted by molar-refractivity contribution is -0.124. The van der Waals surface area contributed by atoms with E-state index in [1.165, 1.54) is 19.3 Å². The van der Waals surface area contributed by atoms with Crippen LogP contribution in [0.5, 0.6) is 5.75 Å². The number of amides is 1. The van der Waals surface area contributed by atoms with E-state index in [1.807, 2.05) is 6.07 Å². The molecular weight excluding hydrogens is 242 g/mol. The average molecular weight is 263 g/mol. The number of ether oxygens (including phenoxy) is 1. The van der Waals surface area contributed by atoms with Crippen molar-refractivity contribution in [3.8, 4) is 5.75 Å². The summed E-state index contributed by atoms with van der Waals surface area (Å²) in [6, 6.07) is 7.46. The SMILES string of the molecule is O=C(COc1cccc(CO)c1)NC1CCCCC1. The average Bonchev–Trinajstić information content (AvgIpc) is 2.46. The quantitative estimate of drug-likeness (QED) is 0.854. The van der Waals surface area contributed by atoms with Gasteiger partial charge in [-0.2, -0.15) is 0 Å². The fraction of sp³-hybridized carbons (Fsp3) is 0.533. The summed E-state index contributed by atoms with van der Waals surface area (Å²) in [5, 5.41) is 12.0. The molecule has 19 heavy (non-hydrogen) atoms. The third kappa shape index (κ3) is 4.56. The van der Waals surface area contributed by atoms with Crippen LogP contribution in [0.2, 0.25) is 0 Å². The molecule has 1 aliphatic rings. The zero-order chi connectivity index (χ0) is 13.5. The molecule has 2 rings (SSSR count). The maximum absolute atomic E-state index is 11.8. The van der Waals surface area contributed by atoms with Crippen molar-refractivity contribution < 1.29 is 14.6 Å². The van der Waals surface area contributed by atoms with Gasteiger partial charge < -0.3 is 15.2 Å². The molecule has 0 bridgehead atoms. The number of benzene rings is 1. The van der Waals surface area contributed by atoms with Gasteiger partial charge in [-0.3, -0.25) is 4.79 Å². The van der Waals surface area contributed by atoms with E-state index in [9.17, 15) is 4.79 Å². The Labute approximate surface area is 113 Å². The molecule has 0 aromatic heterocycles. The number of hydrogen-bond donors (Lipinski definition) is 2. The van der Waals surface area contributed by atoms with Crippen LogP contribution in [0.15, 0.2) is 24.3 Å². The van der Waals surface area contributed by atoms with Gasteiger partial charge in [0.05, 0.1) is 6.61 Å². The Morgan fingerprint density at radius 1 is 1.32 bits per heavy atom. The summed E-state index contributed by atoms with van der Waals surface area (Å²) in [6.45, 7) is 0.0108. The van der Waals surface area contributed by atoms with Crippen molar-refractivity contribution in [2.45, 2.75) is 44.8 Å². The number of carbonyl (C=O) groups excluding carboxylic acids is 1. The van der Waals surface area contributed by atoms with Crippen molar-refractivity contribution >= 4 is 5.91 Å². The second-order valence-electron chi connectivity index (χ2n) is 5.00. The van der Waals surface area contributed by atoms with Crippen molar-refractivity contribution in [2.24, 2.45) is 0 Å². The summed E-state index contributed by atoms with van der Waals surface area (Å²) in [7, 11) is 0. The second-order valence-corrected chi connectivity index (χ2v) is 5.00. The molecule has 0 atom stereocenters. The Morgan fingerprint density at radius 2 is 2.11 bits per heavy atom. The molecule has 0 aliphatic heterocycles. The summed E-state index contributed by atoms with van der Waals surface area (Å²) in [6.07, 6.45) is 5.82. The summed E-state index contributed by atoms with van der Waals surface area (Å²) >= 11 is 0. The van der Waals surface area contributed by atoms with Crippen LogP contribution < -0.4 is 10.1 Å². The third-order valence-electron chi connectivity index (χ3n) is 3.42. The first kappa shape index (κ1) is 13.9. The van der Waals surface area contributed by atoms with Crippen LogP contribution in [0.25, 0.3) is 0 Å². The zero-order valence-corrected chi connectivity index (χ0v) is 11.1. The molecule has 0 saturated heterocycles. The lowest BCUT2D eigenvalue weighted by atomic mass is 9.95. The van der Waals surface area contributed by atoms with Crippen molar-refractivity contribution in [1.82, 2.24) is 5.32 Å². The van der Waals surface area contributed by atoms with Gasteiger partial charge in [0.1, 0.15) is 5.75 Å². The number of hydrogen-bond acceptors (Lipinski definition) is 3. The second kappa shape index (κ2) is 7.14. The topological polar surface area (TPSA) is 58.6 Å². The van der Waals surface area contributed by atoms with Crippen LogP contribution in [-0.4, -0.2) is 23.7 Å². The van der Waals surface area contributed by atoms with Gasteiger partial charge in [-0.25, -0.2) is 0 Å². The van der Waals surface area contributed by atoms with Gasteiger partial charge in [-0.1, -0.05) is 31.4 Å². The molecule has 0 unspecified atom stereocenters. The maximum Gasteiger partial charge on any atom is 0.258 e. The molecule has 2 N–H and O–H groups in total. The predicted molar refractivity (Wildman–Crippen MR) is 72.9 cm³/mol. The van der Waals surface area contributed by atoms with Gasteiger partial charge in [0.2, 0.25) is 0 Å². The Bertz CT molecular complexity index is 414. The van der Waals surface area contributed by atoms with Gasteiger partial charge in [-0.15, -0.1) is 0 Å². The Kier molecular flexibility index (Phi) is 5.21. The van der Waals surface area contributed by atoms with Crippen LogP contribution >= 0.6 is 0 Å². The molecule has 1 aromatic rings. The normalized spacial score (nSPS) is 16.1. The Balaban J connectivity index is 1.76. The number of carbonyl (C=O) groups is 1. The van der Waals surface area contributed by atoms with Gasteiger partial charge >= 0.3 is 0 Å². The molecule has 4 heteroatoms. The Morgan fingerprint density at radius 3 is 2.84 bits per heavy atom. The third-order valence-corrected chi connectivity index (χ3v) is 3.42. The number of nitrogens with one attached hydrogen (secondary N) is 1. The van der Waals surface area contributed by atoms with Crippen molar-refractivity contribution in [1.29, 1.82) is 0 Å². The van der Waals surface area contributed by atoms with Crippen molar-refractivity contribution in [3.05, 3.63) is 29.8 Å². The van der Waals surface area contributed by atoms with Crippen LogP contribution in [0.1, 0.15) is 37.7 Å². The molecular formula is C15H21NO3. The monoisotopic (exact) mass is 263 g/mol. The minimum atomic E-state index is -0.0682. The summed E-state index contributed by atoms with van der Waals surface area (Å²) in [5.74, 6) is 0.548. The van der Waals surface area contributed by atoms with Gasteiger partial charge in [0, 0.05) is 6.04 Å². The first-order chi connectivity index (χ1) is 9.28. The summed E-state index contributed by atoms with van der Waals surface area (Å²) in [5.41, 5.74) is 0.783. The molecule has 1 aliphatic carbocycles. The van der Waals surface area contributed by atoms with E-state index in [0.29, 0.717) is 11.8 Å². The van der Waals surface area contributed by atoms with Gasteiger partial charge in [-0.05, 0) is 30.5 Å². The number of aliphatic hydroxyl groups is 1. The number of aliphatic hydroxyl groups excluding tert-OH is 1. The van der Waals surface area contributed by atoms with E-state index in [-0.39, 0.29) is 19.1 Å². The van der Waals surface area contributed by atoms with E-state index in [4.69, 9.17) is 9.84 Å². The van der Waals surface area contributed by atoms with E-state index in [2.05, 4.69) is 5.32 Å². The standard InChI is InChI=1S/C15H21NO3/c17-10-12-5-4-8-14(9-12)19-11-15(18)16-13-6-2-1-3-7-13/h4-5,8-9,13,17H,1-3,6-7,10-11H2,(H,16,18). The predicted octanol–water partition coefficient (Wildman–Crippen LogP) is 2.01. The van der Waals surface area contributed by atoms with Crippen LogP contribution in [0.4, 0.5) is 0 Å². The minimum Gasteiger partial charge on any atom is -0.484 e. The minimum absolute atomic E-state index is 0.0224. The van der Waals surface area contributed by atoms with Crippen molar-refractivity contribution in [2.75, 3.05) is 6.61 Å². The molecule has 1 fully saturated rings. The molecule has 0 radical (unpaired) electrons. The highest BCUT2D eigenvalue weighted by atomic mass is 16.5. The van der Waals surface area contributed by atoms with E-state index in [0.717, 1.165) is 18.4 Å². The smallest absolute Gasteiger partial charge is 0.258 e. The highest BCUT2D eigenvalue weighted by Crippen LogP contribution is 2.17. The summed E-state index contributed by atoms with van der Waals surface area (Å²) in [4.78, 5) is 11.8. The lowest BCUT2D eigenvalue weighted by Crippen LogP contribution is -2.38. The molecule has 4 nitrogen and oxygen atoms in total. The largest absolute Gasteiger partial charge is 0.484 e. The van der Waals surface area contributed by atoms with E-state index >= 15 is 0 Å². The molecule has 1 aromatic carbocycles. The van der Waals surface area contributed by atoms with Crippen molar-refractivity contribution in [3.63, 3.8) is 0 Å². The summed E-state index contributed by atoms with van der Waals surface area (Å²) < 4.78 is 5.43. The zero-order valence-electron chi connectivity index (χ0n) is 11.1. The molecule has 104 valence electrons. The highest BCUT2D eigenvalue weighted by Gasteiger charge is 2.15. The first-order valence-corrected chi connectivity index (χ1v) is 6.90. The lowest BCUT2D eigenvalue weighted by Gasteiger charge is -2.22.